The van der Waals surface area contributed by atoms with E-state index in [1.807, 2.05) is 0 Å². The summed E-state index contributed by atoms with van der Waals surface area (Å²) in [7, 11) is 0. The van der Waals surface area contributed by atoms with Crippen LogP contribution < -0.4 is 0 Å². The van der Waals surface area contributed by atoms with Crippen LogP contribution in [0.5, 0.6) is 0 Å². The Kier molecular flexibility index (Phi) is 1.75. The van der Waals surface area contributed by atoms with Crippen molar-refractivity contribution in [3.05, 3.63) is 0 Å². The first-order valence-corrected chi connectivity index (χ1v) is 5.27. The van der Waals surface area contributed by atoms with E-state index in [4.69, 9.17) is 9.47 Å². The molecule has 0 amide bonds. The molecular formula is C10H16O4. The van der Waals surface area contributed by atoms with Crippen LogP contribution in [-0.2, 0) is 9.47 Å². The lowest BCUT2D eigenvalue weighted by molar-refractivity contribution is -0.260. The highest BCUT2D eigenvalue weighted by atomic mass is 16.6. The van der Waals surface area contributed by atoms with Crippen molar-refractivity contribution in [2.75, 3.05) is 19.8 Å². The fourth-order valence-corrected chi connectivity index (χ4v) is 3.19. The Balaban J connectivity index is 1.91. The van der Waals surface area contributed by atoms with E-state index in [9.17, 15) is 10.2 Å². The number of ether oxygens (including phenoxy) is 2. The summed E-state index contributed by atoms with van der Waals surface area (Å²) in [6.45, 7) is 0.703. The number of hydrogen-bond acceptors (Lipinski definition) is 4. The van der Waals surface area contributed by atoms with Crippen LogP contribution in [0.1, 0.15) is 19.3 Å². The van der Waals surface area contributed by atoms with Gasteiger partial charge in [0.05, 0.1) is 37.4 Å². The third-order valence-electron chi connectivity index (χ3n) is 4.21. The molecule has 0 saturated carbocycles. The van der Waals surface area contributed by atoms with E-state index in [0.29, 0.717) is 13.2 Å². The third-order valence-corrected chi connectivity index (χ3v) is 4.21. The minimum absolute atomic E-state index is 0.00796. The molecule has 0 radical (unpaired) electrons. The molecule has 3 fully saturated rings. The number of aliphatic hydroxyl groups excluding tert-OH is 1. The van der Waals surface area contributed by atoms with Gasteiger partial charge >= 0.3 is 0 Å². The van der Waals surface area contributed by atoms with Gasteiger partial charge in [-0.25, -0.2) is 0 Å². The van der Waals surface area contributed by atoms with Crippen molar-refractivity contribution in [3.8, 4) is 0 Å². The van der Waals surface area contributed by atoms with E-state index >= 15 is 0 Å². The fraction of sp³-hybridized carbons (Fsp3) is 1.00. The molecule has 3 rings (SSSR count). The molecule has 3 unspecified atom stereocenters. The average Bonchev–Trinajstić information content (AvgIpc) is 2.73. The predicted molar refractivity (Wildman–Crippen MR) is 47.8 cm³/mol. The first kappa shape index (κ1) is 9.09. The van der Waals surface area contributed by atoms with Gasteiger partial charge in [-0.2, -0.15) is 0 Å². The zero-order valence-electron chi connectivity index (χ0n) is 8.11. The van der Waals surface area contributed by atoms with E-state index in [1.54, 1.807) is 0 Å². The first-order chi connectivity index (χ1) is 6.70. The molecule has 3 atom stereocenters. The maximum absolute atomic E-state index is 10.3. The molecule has 3 aliphatic heterocycles. The van der Waals surface area contributed by atoms with Gasteiger partial charge in [-0.1, -0.05) is 0 Å². The molecule has 80 valence electrons. The van der Waals surface area contributed by atoms with Crippen LogP contribution in [-0.4, -0.2) is 47.8 Å². The van der Waals surface area contributed by atoms with Crippen molar-refractivity contribution in [2.45, 2.75) is 37.1 Å². The Morgan fingerprint density at radius 1 is 1.29 bits per heavy atom. The first-order valence-electron chi connectivity index (χ1n) is 5.27. The Morgan fingerprint density at radius 3 is 2.43 bits per heavy atom. The van der Waals surface area contributed by atoms with Gasteiger partial charge in [0.2, 0.25) is 0 Å². The summed E-state index contributed by atoms with van der Waals surface area (Å²) < 4.78 is 10.8. The van der Waals surface area contributed by atoms with E-state index in [0.717, 1.165) is 19.3 Å². The molecule has 0 aromatic heterocycles. The van der Waals surface area contributed by atoms with Crippen LogP contribution in [0, 0.1) is 5.41 Å². The van der Waals surface area contributed by atoms with Crippen LogP contribution in [0.3, 0.4) is 0 Å². The number of aliphatic hydroxyl groups is 2. The molecule has 3 aliphatic rings. The van der Waals surface area contributed by atoms with Gasteiger partial charge in [0.1, 0.15) is 5.60 Å². The highest BCUT2D eigenvalue weighted by molar-refractivity contribution is 5.13. The van der Waals surface area contributed by atoms with Gasteiger partial charge < -0.3 is 19.7 Å². The Hall–Kier alpha value is -0.160. The van der Waals surface area contributed by atoms with Gasteiger partial charge in [0, 0.05) is 0 Å². The second kappa shape index (κ2) is 2.70. The van der Waals surface area contributed by atoms with Gasteiger partial charge in [-0.05, 0) is 19.3 Å². The Morgan fingerprint density at radius 2 is 2.07 bits per heavy atom. The smallest absolute Gasteiger partial charge is 0.121 e. The fourth-order valence-electron chi connectivity index (χ4n) is 3.19. The molecule has 3 saturated heterocycles. The third kappa shape index (κ3) is 0.877. The largest absolute Gasteiger partial charge is 0.396 e. The molecule has 2 bridgehead atoms. The van der Waals surface area contributed by atoms with E-state index in [2.05, 4.69) is 0 Å². The van der Waals surface area contributed by atoms with Crippen LogP contribution >= 0.6 is 0 Å². The van der Waals surface area contributed by atoms with Gasteiger partial charge in [0.15, 0.2) is 0 Å². The predicted octanol–water partition coefficient (Wildman–Crippen LogP) is -0.322. The maximum atomic E-state index is 10.3. The van der Waals surface area contributed by atoms with Crippen LogP contribution in [0.25, 0.3) is 0 Å². The summed E-state index contributed by atoms with van der Waals surface area (Å²) in [6, 6.07) is 0. The topological polar surface area (TPSA) is 58.9 Å². The number of rotatable bonds is 2. The summed E-state index contributed by atoms with van der Waals surface area (Å²) in [4.78, 5) is 0. The molecule has 4 nitrogen and oxygen atoms in total. The summed E-state index contributed by atoms with van der Waals surface area (Å²) in [5, 5.41) is 19.9. The SMILES string of the molecule is OCC1(C2(O)COC2)CC2CCC1O2. The highest BCUT2D eigenvalue weighted by Crippen LogP contribution is 2.55. The van der Waals surface area contributed by atoms with Crippen molar-refractivity contribution in [1.29, 1.82) is 0 Å². The molecule has 2 N–H and O–H groups in total. The molecule has 3 heterocycles. The second-order valence-corrected chi connectivity index (χ2v) is 4.87. The van der Waals surface area contributed by atoms with Crippen molar-refractivity contribution < 1.29 is 19.7 Å². The summed E-state index contributed by atoms with van der Waals surface area (Å²) in [5.74, 6) is 0. The van der Waals surface area contributed by atoms with Crippen molar-refractivity contribution in [1.82, 2.24) is 0 Å². The van der Waals surface area contributed by atoms with E-state index in [1.165, 1.54) is 0 Å². The second-order valence-electron chi connectivity index (χ2n) is 4.87. The van der Waals surface area contributed by atoms with Crippen molar-refractivity contribution >= 4 is 0 Å². The van der Waals surface area contributed by atoms with Gasteiger partial charge in [0.25, 0.3) is 0 Å². The lowest BCUT2D eigenvalue weighted by Crippen LogP contribution is -2.66. The molecular weight excluding hydrogens is 184 g/mol. The van der Waals surface area contributed by atoms with Crippen LogP contribution in [0.15, 0.2) is 0 Å². The van der Waals surface area contributed by atoms with E-state index in [-0.39, 0.29) is 18.8 Å². The van der Waals surface area contributed by atoms with Crippen LogP contribution in [0.4, 0.5) is 0 Å². The standard InChI is InChI=1S/C10H16O4/c11-4-9(10(12)5-13-6-10)3-7-1-2-8(9)14-7/h7-8,11-12H,1-6H2. The van der Waals surface area contributed by atoms with Crippen molar-refractivity contribution in [3.63, 3.8) is 0 Å². The average molecular weight is 200 g/mol. The minimum atomic E-state index is -0.846. The monoisotopic (exact) mass is 200 g/mol. The summed E-state index contributed by atoms with van der Waals surface area (Å²) in [6.07, 6.45) is 3.11. The molecule has 0 aliphatic carbocycles. The normalized spacial score (nSPS) is 49.3. The minimum Gasteiger partial charge on any atom is -0.396 e. The Bertz CT molecular complexity index is 251. The molecule has 0 aromatic rings. The van der Waals surface area contributed by atoms with Gasteiger partial charge in [-0.15, -0.1) is 0 Å². The molecule has 4 heteroatoms. The van der Waals surface area contributed by atoms with Crippen LogP contribution in [0.2, 0.25) is 0 Å². The molecule has 0 spiro atoms. The number of hydrogen-bond donors (Lipinski definition) is 2. The lowest BCUT2D eigenvalue weighted by atomic mass is 9.62. The quantitative estimate of drug-likeness (QED) is 0.641. The van der Waals surface area contributed by atoms with E-state index < -0.39 is 11.0 Å². The summed E-state index contributed by atoms with van der Waals surface area (Å²) in [5.41, 5.74) is -1.30. The lowest BCUT2D eigenvalue weighted by Gasteiger charge is -2.51. The van der Waals surface area contributed by atoms with Gasteiger partial charge in [-0.3, -0.25) is 0 Å². The number of fused-ring (bicyclic) bond motifs is 2. The summed E-state index contributed by atoms with van der Waals surface area (Å²) >= 11 is 0. The van der Waals surface area contributed by atoms with Crippen molar-refractivity contribution in [2.24, 2.45) is 5.41 Å². The maximum Gasteiger partial charge on any atom is 0.121 e. The highest BCUT2D eigenvalue weighted by Gasteiger charge is 2.65. The molecule has 14 heavy (non-hydrogen) atoms. The molecule has 0 aromatic carbocycles. The Labute approximate surface area is 82.8 Å². The zero-order chi connectivity index (χ0) is 9.81. The zero-order valence-corrected chi connectivity index (χ0v) is 8.11.